The van der Waals surface area contributed by atoms with Crippen LogP contribution in [0.2, 0.25) is 0 Å². The molecular weight excluding hydrogens is 162 g/mol. The van der Waals surface area contributed by atoms with E-state index in [1.807, 2.05) is 0 Å². The van der Waals surface area contributed by atoms with Gasteiger partial charge in [-0.1, -0.05) is 25.7 Å². The Morgan fingerprint density at radius 3 is 2.08 bits per heavy atom. The van der Waals surface area contributed by atoms with Crippen molar-refractivity contribution in [1.29, 1.82) is 0 Å². The summed E-state index contributed by atoms with van der Waals surface area (Å²) >= 11 is 0. The Balaban J connectivity index is 1.76. The number of nitrogens with zero attached hydrogens (tertiary/aromatic N) is 1. The fraction of sp³-hybridized carbons (Fsp3) is 0.909. The predicted molar refractivity (Wildman–Crippen MR) is 51.4 cm³/mol. The van der Waals surface area contributed by atoms with E-state index in [1.54, 1.807) is 0 Å². The van der Waals surface area contributed by atoms with Crippen LogP contribution >= 0.6 is 0 Å². The van der Waals surface area contributed by atoms with Crippen LogP contribution in [-0.4, -0.2) is 11.9 Å². The van der Waals surface area contributed by atoms with Gasteiger partial charge < -0.3 is 0 Å². The summed E-state index contributed by atoms with van der Waals surface area (Å²) in [7, 11) is 0. The lowest BCUT2D eigenvalue weighted by atomic mass is 10.1. The van der Waals surface area contributed by atoms with Crippen LogP contribution in [0.15, 0.2) is 0 Å². The first-order valence-corrected chi connectivity index (χ1v) is 5.61. The van der Waals surface area contributed by atoms with Crippen molar-refractivity contribution in [1.82, 2.24) is 5.32 Å². The molecule has 2 fully saturated rings. The molecule has 2 saturated carbocycles. The van der Waals surface area contributed by atoms with E-state index >= 15 is 0 Å². The molecule has 0 aliphatic heterocycles. The lowest BCUT2D eigenvalue weighted by Gasteiger charge is -2.12. The van der Waals surface area contributed by atoms with Crippen LogP contribution in [0.25, 0.3) is 0 Å². The van der Waals surface area contributed by atoms with Gasteiger partial charge in [0, 0.05) is 5.92 Å². The van der Waals surface area contributed by atoms with Crippen LogP contribution in [0.5, 0.6) is 0 Å². The summed E-state index contributed by atoms with van der Waals surface area (Å²) < 4.78 is 0. The average Bonchev–Trinajstić information content (AvgIpc) is 2.74. The van der Waals surface area contributed by atoms with E-state index in [9.17, 15) is 4.79 Å². The van der Waals surface area contributed by atoms with Crippen LogP contribution in [0.1, 0.15) is 51.4 Å². The third-order valence-corrected chi connectivity index (χ3v) is 3.34. The van der Waals surface area contributed by atoms with Crippen molar-refractivity contribution in [3.63, 3.8) is 0 Å². The van der Waals surface area contributed by atoms with E-state index in [1.165, 1.54) is 25.7 Å². The third kappa shape index (κ3) is 2.23. The highest BCUT2D eigenvalue weighted by Crippen LogP contribution is 2.26. The molecule has 0 saturated heterocycles. The summed E-state index contributed by atoms with van der Waals surface area (Å²) in [6, 6.07) is 0.382. The molecule has 0 N–H and O–H groups in total. The Bertz CT molecular complexity index is 179. The molecule has 2 heteroatoms. The van der Waals surface area contributed by atoms with Crippen molar-refractivity contribution in [2.75, 3.05) is 0 Å². The zero-order valence-electron chi connectivity index (χ0n) is 8.17. The van der Waals surface area contributed by atoms with Crippen LogP contribution in [0, 0.1) is 5.92 Å². The fourth-order valence-electron chi connectivity index (χ4n) is 2.49. The smallest absolute Gasteiger partial charge is 0.244 e. The molecule has 2 aliphatic carbocycles. The van der Waals surface area contributed by atoms with E-state index in [0.717, 1.165) is 25.7 Å². The molecule has 0 spiro atoms. The van der Waals surface area contributed by atoms with Gasteiger partial charge in [0.05, 0.1) is 6.04 Å². The SMILES string of the molecule is O=C([N]C1CCCC1)C1CCCC1. The summed E-state index contributed by atoms with van der Waals surface area (Å²) in [4.78, 5) is 11.6. The van der Waals surface area contributed by atoms with Gasteiger partial charge in [-0.3, -0.25) is 4.79 Å². The normalized spacial score (nSPS) is 25.2. The number of hydrogen-bond donors (Lipinski definition) is 0. The third-order valence-electron chi connectivity index (χ3n) is 3.34. The van der Waals surface area contributed by atoms with Crippen molar-refractivity contribution in [3.05, 3.63) is 0 Å². The van der Waals surface area contributed by atoms with Crippen LogP contribution in [-0.2, 0) is 4.79 Å². The lowest BCUT2D eigenvalue weighted by Crippen LogP contribution is -2.29. The van der Waals surface area contributed by atoms with E-state index in [0.29, 0.717) is 12.0 Å². The van der Waals surface area contributed by atoms with Gasteiger partial charge in [-0.15, -0.1) is 0 Å². The standard InChI is InChI=1S/C11H18NO/c13-11(9-5-1-2-6-9)12-10-7-3-4-8-10/h9-10H,1-8H2. The Labute approximate surface area is 80.1 Å². The molecule has 13 heavy (non-hydrogen) atoms. The average molecular weight is 180 g/mol. The lowest BCUT2D eigenvalue weighted by molar-refractivity contribution is -0.125. The second kappa shape index (κ2) is 4.12. The van der Waals surface area contributed by atoms with E-state index in [2.05, 4.69) is 5.32 Å². The molecule has 2 rings (SSSR count). The largest absolute Gasteiger partial charge is 0.273 e. The van der Waals surface area contributed by atoms with Gasteiger partial charge in [-0.05, 0) is 25.7 Å². The molecule has 0 atom stereocenters. The number of amides is 1. The molecule has 0 aromatic carbocycles. The zero-order chi connectivity index (χ0) is 9.10. The fourth-order valence-corrected chi connectivity index (χ4v) is 2.49. The highest BCUT2D eigenvalue weighted by Gasteiger charge is 2.27. The number of carbonyl (C=O) groups is 1. The molecule has 2 nitrogen and oxygen atoms in total. The molecule has 0 heterocycles. The van der Waals surface area contributed by atoms with Crippen LogP contribution in [0.3, 0.4) is 0 Å². The molecule has 1 radical (unpaired) electrons. The van der Waals surface area contributed by atoms with E-state index in [4.69, 9.17) is 0 Å². The molecule has 0 unspecified atom stereocenters. The molecule has 73 valence electrons. The zero-order valence-corrected chi connectivity index (χ0v) is 8.17. The first kappa shape index (κ1) is 9.04. The first-order chi connectivity index (χ1) is 6.36. The monoisotopic (exact) mass is 180 g/mol. The van der Waals surface area contributed by atoms with Gasteiger partial charge >= 0.3 is 0 Å². The van der Waals surface area contributed by atoms with Gasteiger partial charge in [0.25, 0.3) is 0 Å². The van der Waals surface area contributed by atoms with Crippen molar-refractivity contribution in [2.45, 2.75) is 57.4 Å². The molecule has 0 bridgehead atoms. The maximum atomic E-state index is 11.6. The number of carbonyl (C=O) groups excluding carboxylic acids is 1. The molecule has 0 aromatic heterocycles. The molecule has 2 aliphatic rings. The summed E-state index contributed by atoms with van der Waals surface area (Å²) in [6.07, 6.45) is 9.49. The molecule has 0 aromatic rings. The van der Waals surface area contributed by atoms with Crippen LogP contribution in [0.4, 0.5) is 0 Å². The Kier molecular flexibility index (Phi) is 2.87. The number of hydrogen-bond acceptors (Lipinski definition) is 1. The topological polar surface area (TPSA) is 31.2 Å². The minimum Gasteiger partial charge on any atom is -0.273 e. The first-order valence-electron chi connectivity index (χ1n) is 5.61. The number of rotatable bonds is 2. The summed E-state index contributed by atoms with van der Waals surface area (Å²) in [5.41, 5.74) is 0. The quantitative estimate of drug-likeness (QED) is 0.641. The van der Waals surface area contributed by atoms with Crippen molar-refractivity contribution in [2.24, 2.45) is 5.92 Å². The van der Waals surface area contributed by atoms with E-state index < -0.39 is 0 Å². The van der Waals surface area contributed by atoms with Gasteiger partial charge in [0.15, 0.2) is 0 Å². The van der Waals surface area contributed by atoms with Crippen molar-refractivity contribution in [3.8, 4) is 0 Å². The maximum absolute atomic E-state index is 11.6. The Morgan fingerprint density at radius 1 is 0.923 bits per heavy atom. The Hall–Kier alpha value is -0.530. The maximum Gasteiger partial charge on any atom is 0.244 e. The van der Waals surface area contributed by atoms with Crippen molar-refractivity contribution >= 4 is 5.91 Å². The molecular formula is C11H18NO. The Morgan fingerprint density at radius 2 is 1.46 bits per heavy atom. The van der Waals surface area contributed by atoms with E-state index in [-0.39, 0.29) is 5.91 Å². The summed E-state index contributed by atoms with van der Waals surface area (Å²) in [6.45, 7) is 0. The predicted octanol–water partition coefficient (Wildman–Crippen LogP) is 2.25. The van der Waals surface area contributed by atoms with Gasteiger partial charge in [0.1, 0.15) is 0 Å². The van der Waals surface area contributed by atoms with Gasteiger partial charge in [-0.2, -0.15) is 0 Å². The van der Waals surface area contributed by atoms with Gasteiger partial charge in [-0.25, -0.2) is 5.32 Å². The summed E-state index contributed by atoms with van der Waals surface area (Å²) in [5, 5.41) is 4.32. The molecule has 1 amide bonds. The van der Waals surface area contributed by atoms with Crippen molar-refractivity contribution < 1.29 is 4.79 Å². The second-order valence-corrected chi connectivity index (χ2v) is 4.39. The van der Waals surface area contributed by atoms with Crippen LogP contribution < -0.4 is 5.32 Å². The minimum absolute atomic E-state index is 0.212. The highest BCUT2D eigenvalue weighted by molar-refractivity contribution is 5.78. The highest BCUT2D eigenvalue weighted by atomic mass is 16.1. The second-order valence-electron chi connectivity index (χ2n) is 4.39. The minimum atomic E-state index is 0.212. The summed E-state index contributed by atoms with van der Waals surface area (Å²) in [5.74, 6) is 0.505. The van der Waals surface area contributed by atoms with Gasteiger partial charge in [0.2, 0.25) is 5.91 Å².